The summed E-state index contributed by atoms with van der Waals surface area (Å²) in [5, 5.41) is 6.17. The van der Waals surface area contributed by atoms with Gasteiger partial charge in [-0.3, -0.25) is 0 Å². The first-order valence-corrected chi connectivity index (χ1v) is 8.06. The lowest BCUT2D eigenvalue weighted by Crippen LogP contribution is -2.11. The Morgan fingerprint density at radius 3 is 2.72 bits per heavy atom. The van der Waals surface area contributed by atoms with Crippen LogP contribution >= 0.6 is 0 Å². The fourth-order valence-electron chi connectivity index (χ4n) is 1.33. The van der Waals surface area contributed by atoms with Gasteiger partial charge in [0, 0.05) is 25.5 Å². The summed E-state index contributed by atoms with van der Waals surface area (Å²) in [6.45, 7) is 3.48. The number of aromatic nitrogens is 2. The van der Waals surface area contributed by atoms with Gasteiger partial charge in [0.1, 0.15) is 15.7 Å². The molecule has 0 aliphatic rings. The van der Waals surface area contributed by atoms with Crippen molar-refractivity contribution in [1.82, 2.24) is 9.97 Å². The Labute approximate surface area is 108 Å². The summed E-state index contributed by atoms with van der Waals surface area (Å²) >= 11 is 0. The van der Waals surface area contributed by atoms with E-state index in [1.807, 2.05) is 0 Å². The first-order valence-electron chi connectivity index (χ1n) is 6.00. The molecular weight excluding hydrogens is 252 g/mol. The number of rotatable bonds is 8. The second-order valence-electron chi connectivity index (χ2n) is 4.10. The highest BCUT2D eigenvalue weighted by molar-refractivity contribution is 7.90. The lowest BCUT2D eigenvalue weighted by Gasteiger charge is -2.07. The van der Waals surface area contributed by atoms with Crippen LogP contribution < -0.4 is 10.6 Å². The number of nitrogens with one attached hydrogen (secondary N) is 2. The number of hydrogen-bond donors (Lipinski definition) is 2. The Morgan fingerprint density at radius 1 is 1.28 bits per heavy atom. The molecule has 0 aliphatic carbocycles. The van der Waals surface area contributed by atoms with Crippen molar-refractivity contribution in [1.29, 1.82) is 0 Å². The predicted molar refractivity (Wildman–Crippen MR) is 73.6 cm³/mol. The third kappa shape index (κ3) is 6.39. The maximum Gasteiger partial charge on any atom is 0.224 e. The molecule has 0 aliphatic heterocycles. The third-order valence-electron chi connectivity index (χ3n) is 2.19. The van der Waals surface area contributed by atoms with Crippen LogP contribution in [-0.4, -0.2) is 43.5 Å². The Bertz CT molecular complexity index is 462. The van der Waals surface area contributed by atoms with Crippen molar-refractivity contribution in [2.75, 3.05) is 35.7 Å². The van der Waals surface area contributed by atoms with Crippen LogP contribution in [0.15, 0.2) is 12.3 Å². The van der Waals surface area contributed by atoms with Crippen molar-refractivity contribution in [3.05, 3.63) is 12.3 Å². The van der Waals surface area contributed by atoms with Crippen molar-refractivity contribution in [3.8, 4) is 0 Å². The molecule has 7 heteroatoms. The Hall–Kier alpha value is -1.37. The standard InChI is InChI=1S/C11H20N4O2S/c1-3-6-13-11-14-8-5-10(15-11)12-7-4-9-18(2,16)17/h5,8H,3-4,6-7,9H2,1-2H3,(H2,12,13,14,15). The molecule has 0 saturated heterocycles. The van der Waals surface area contributed by atoms with E-state index in [9.17, 15) is 8.42 Å². The topological polar surface area (TPSA) is 84.0 Å². The molecule has 102 valence electrons. The van der Waals surface area contributed by atoms with Crippen LogP contribution in [0.25, 0.3) is 0 Å². The van der Waals surface area contributed by atoms with Gasteiger partial charge in [-0.25, -0.2) is 13.4 Å². The van der Waals surface area contributed by atoms with Crippen molar-refractivity contribution in [2.24, 2.45) is 0 Å². The quantitative estimate of drug-likeness (QED) is 0.691. The molecule has 0 bridgehead atoms. The van der Waals surface area contributed by atoms with Gasteiger partial charge in [-0.2, -0.15) is 4.98 Å². The van der Waals surface area contributed by atoms with Crippen LogP contribution in [0.4, 0.5) is 11.8 Å². The van der Waals surface area contributed by atoms with E-state index in [1.54, 1.807) is 12.3 Å². The molecule has 0 fully saturated rings. The van der Waals surface area contributed by atoms with Crippen LogP contribution in [0.1, 0.15) is 19.8 Å². The maximum atomic E-state index is 11.0. The van der Waals surface area contributed by atoms with E-state index in [1.165, 1.54) is 6.26 Å². The highest BCUT2D eigenvalue weighted by Gasteiger charge is 2.02. The van der Waals surface area contributed by atoms with Crippen molar-refractivity contribution in [2.45, 2.75) is 19.8 Å². The molecule has 0 radical (unpaired) electrons. The average Bonchev–Trinajstić information content (AvgIpc) is 2.31. The minimum Gasteiger partial charge on any atom is -0.370 e. The molecule has 0 atom stereocenters. The Balaban J connectivity index is 2.38. The monoisotopic (exact) mass is 272 g/mol. The molecule has 0 aromatic carbocycles. The first kappa shape index (κ1) is 14.7. The number of anilines is 2. The van der Waals surface area contributed by atoms with Crippen LogP contribution in [0.5, 0.6) is 0 Å². The van der Waals surface area contributed by atoms with Crippen molar-refractivity contribution in [3.63, 3.8) is 0 Å². The summed E-state index contributed by atoms with van der Waals surface area (Å²) in [5.41, 5.74) is 0. The largest absolute Gasteiger partial charge is 0.370 e. The fourth-order valence-corrected chi connectivity index (χ4v) is 2.00. The van der Waals surface area contributed by atoms with E-state index >= 15 is 0 Å². The molecule has 1 heterocycles. The van der Waals surface area contributed by atoms with Gasteiger partial charge in [-0.15, -0.1) is 0 Å². The molecule has 1 aromatic heterocycles. The average molecular weight is 272 g/mol. The highest BCUT2D eigenvalue weighted by atomic mass is 32.2. The van der Waals surface area contributed by atoms with E-state index in [-0.39, 0.29) is 5.75 Å². The van der Waals surface area contributed by atoms with Gasteiger partial charge in [-0.05, 0) is 18.9 Å². The molecule has 1 aromatic rings. The molecule has 18 heavy (non-hydrogen) atoms. The lowest BCUT2D eigenvalue weighted by atomic mass is 10.4. The number of nitrogens with zero attached hydrogens (tertiary/aromatic N) is 2. The number of sulfone groups is 1. The smallest absolute Gasteiger partial charge is 0.224 e. The molecule has 0 saturated carbocycles. The van der Waals surface area contributed by atoms with Gasteiger partial charge < -0.3 is 10.6 Å². The van der Waals surface area contributed by atoms with Gasteiger partial charge in [0.25, 0.3) is 0 Å². The molecule has 0 amide bonds. The third-order valence-corrected chi connectivity index (χ3v) is 3.22. The summed E-state index contributed by atoms with van der Waals surface area (Å²) in [7, 11) is -2.88. The minimum absolute atomic E-state index is 0.187. The molecule has 2 N–H and O–H groups in total. The van der Waals surface area contributed by atoms with Crippen LogP contribution in [0, 0.1) is 0 Å². The zero-order valence-corrected chi connectivity index (χ0v) is 11.6. The van der Waals surface area contributed by atoms with Crippen molar-refractivity contribution >= 4 is 21.6 Å². The zero-order valence-electron chi connectivity index (χ0n) is 10.8. The molecule has 6 nitrogen and oxygen atoms in total. The zero-order chi connectivity index (χ0) is 13.4. The molecule has 0 spiro atoms. The summed E-state index contributed by atoms with van der Waals surface area (Å²) in [4.78, 5) is 8.35. The summed E-state index contributed by atoms with van der Waals surface area (Å²) in [6.07, 6.45) is 4.49. The van der Waals surface area contributed by atoms with E-state index in [0.717, 1.165) is 13.0 Å². The molecule has 1 rings (SSSR count). The minimum atomic E-state index is -2.88. The lowest BCUT2D eigenvalue weighted by molar-refractivity contribution is 0.600. The summed E-state index contributed by atoms with van der Waals surface area (Å²) < 4.78 is 21.9. The van der Waals surface area contributed by atoms with Gasteiger partial charge in [0.2, 0.25) is 5.95 Å². The van der Waals surface area contributed by atoms with E-state index in [2.05, 4.69) is 27.5 Å². The summed E-state index contributed by atoms with van der Waals surface area (Å²) in [5.74, 6) is 1.48. The van der Waals surface area contributed by atoms with Crippen LogP contribution in [-0.2, 0) is 9.84 Å². The second kappa shape index (κ2) is 7.15. The fraction of sp³-hybridized carbons (Fsp3) is 0.636. The predicted octanol–water partition coefficient (Wildman–Crippen LogP) is 1.15. The second-order valence-corrected chi connectivity index (χ2v) is 6.36. The van der Waals surface area contributed by atoms with Crippen LogP contribution in [0.2, 0.25) is 0 Å². The first-order chi connectivity index (χ1) is 8.51. The highest BCUT2D eigenvalue weighted by Crippen LogP contribution is 2.05. The number of hydrogen-bond acceptors (Lipinski definition) is 6. The normalized spacial score (nSPS) is 11.2. The summed E-state index contributed by atoms with van der Waals surface area (Å²) in [6, 6.07) is 1.76. The maximum absolute atomic E-state index is 11.0. The Kier molecular flexibility index (Phi) is 5.84. The van der Waals surface area contributed by atoms with Gasteiger partial charge in [0.15, 0.2) is 0 Å². The molecule has 0 unspecified atom stereocenters. The van der Waals surface area contributed by atoms with Gasteiger partial charge in [-0.1, -0.05) is 6.92 Å². The van der Waals surface area contributed by atoms with Gasteiger partial charge >= 0.3 is 0 Å². The van der Waals surface area contributed by atoms with E-state index < -0.39 is 9.84 Å². The van der Waals surface area contributed by atoms with E-state index in [4.69, 9.17) is 0 Å². The van der Waals surface area contributed by atoms with Gasteiger partial charge in [0.05, 0.1) is 5.75 Å². The SMILES string of the molecule is CCCNc1nccc(NCCCS(C)(=O)=O)n1. The van der Waals surface area contributed by atoms with E-state index in [0.29, 0.717) is 24.7 Å². The van der Waals surface area contributed by atoms with Crippen molar-refractivity contribution < 1.29 is 8.42 Å². The van der Waals surface area contributed by atoms with Crippen LogP contribution in [0.3, 0.4) is 0 Å². The molecular formula is C11H20N4O2S. The Morgan fingerprint density at radius 2 is 2.06 bits per heavy atom.